The number of benzene rings is 2. The van der Waals surface area contributed by atoms with Crippen molar-refractivity contribution in [1.29, 1.82) is 0 Å². The van der Waals surface area contributed by atoms with Crippen LogP contribution in [0.2, 0.25) is 0 Å². The van der Waals surface area contributed by atoms with Gasteiger partial charge in [-0.2, -0.15) is 0 Å². The van der Waals surface area contributed by atoms with Crippen molar-refractivity contribution in [2.75, 3.05) is 5.32 Å². The molecule has 0 radical (unpaired) electrons. The van der Waals surface area contributed by atoms with E-state index >= 15 is 0 Å². The molecule has 2 N–H and O–H groups in total. The highest BCUT2D eigenvalue weighted by molar-refractivity contribution is 5.86. The molecule has 0 bridgehead atoms. The molecule has 0 spiro atoms. The van der Waals surface area contributed by atoms with Crippen LogP contribution in [0.3, 0.4) is 0 Å². The Labute approximate surface area is 145 Å². The number of aromatic amines is 1. The largest absolute Gasteiger partial charge is 0.359 e. The lowest BCUT2D eigenvalue weighted by Gasteiger charge is -2.21. The standard InChI is InChI=1S/C21H18FN3/c1-14-20(17-6-2-3-7-18(17)24-14)21(15-9-11-16(22)12-10-15)25-19-8-4-5-13-23-19/h2-13,21,24H,1H3,(H,23,25)/t21-/m0/s1. The number of para-hydroxylation sites is 1. The third-order valence-electron chi connectivity index (χ3n) is 4.39. The van der Waals surface area contributed by atoms with Crippen molar-refractivity contribution in [3.63, 3.8) is 0 Å². The molecule has 4 heteroatoms. The maximum absolute atomic E-state index is 13.4. The van der Waals surface area contributed by atoms with Crippen LogP contribution < -0.4 is 5.32 Å². The monoisotopic (exact) mass is 331 g/mol. The van der Waals surface area contributed by atoms with E-state index in [1.54, 1.807) is 6.20 Å². The normalized spacial score (nSPS) is 12.2. The van der Waals surface area contributed by atoms with Crippen molar-refractivity contribution in [1.82, 2.24) is 9.97 Å². The van der Waals surface area contributed by atoms with E-state index in [-0.39, 0.29) is 11.9 Å². The minimum absolute atomic E-state index is 0.133. The second-order valence-electron chi connectivity index (χ2n) is 6.05. The molecule has 0 aliphatic rings. The number of rotatable bonds is 4. The predicted molar refractivity (Wildman–Crippen MR) is 99.1 cm³/mol. The molecular formula is C21H18FN3. The summed E-state index contributed by atoms with van der Waals surface area (Å²) in [6.45, 7) is 2.06. The van der Waals surface area contributed by atoms with Gasteiger partial charge in [0.2, 0.25) is 0 Å². The first-order valence-electron chi connectivity index (χ1n) is 8.22. The van der Waals surface area contributed by atoms with E-state index in [4.69, 9.17) is 0 Å². The summed E-state index contributed by atoms with van der Waals surface area (Å²) >= 11 is 0. The number of aromatic nitrogens is 2. The average molecular weight is 331 g/mol. The van der Waals surface area contributed by atoms with E-state index < -0.39 is 0 Å². The molecule has 0 amide bonds. The summed E-state index contributed by atoms with van der Waals surface area (Å²) in [5, 5.41) is 4.65. The summed E-state index contributed by atoms with van der Waals surface area (Å²) in [4.78, 5) is 7.83. The number of nitrogens with zero attached hydrogens (tertiary/aromatic N) is 1. The van der Waals surface area contributed by atoms with Crippen molar-refractivity contribution in [3.05, 3.63) is 95.6 Å². The van der Waals surface area contributed by atoms with Crippen LogP contribution >= 0.6 is 0 Å². The molecule has 0 saturated carbocycles. The molecule has 0 aliphatic heterocycles. The number of hydrogen-bond donors (Lipinski definition) is 2. The SMILES string of the molecule is Cc1[nH]c2ccccc2c1[C@@H](Nc1ccccn1)c1ccc(F)cc1. The van der Waals surface area contributed by atoms with Gasteiger partial charge in [0, 0.05) is 28.4 Å². The highest BCUT2D eigenvalue weighted by Crippen LogP contribution is 2.34. The molecule has 124 valence electrons. The Hall–Kier alpha value is -3.14. The first-order valence-corrected chi connectivity index (χ1v) is 8.22. The van der Waals surface area contributed by atoms with E-state index in [2.05, 4.69) is 34.3 Å². The Balaban J connectivity index is 1.87. The van der Waals surface area contributed by atoms with Gasteiger partial charge in [-0.3, -0.25) is 0 Å². The fraction of sp³-hybridized carbons (Fsp3) is 0.0952. The van der Waals surface area contributed by atoms with Crippen LogP contribution in [-0.4, -0.2) is 9.97 Å². The quantitative estimate of drug-likeness (QED) is 0.539. The molecule has 2 aromatic carbocycles. The fourth-order valence-electron chi connectivity index (χ4n) is 3.24. The van der Waals surface area contributed by atoms with E-state index in [0.29, 0.717) is 0 Å². The lowest BCUT2D eigenvalue weighted by Crippen LogP contribution is -2.14. The molecule has 0 unspecified atom stereocenters. The van der Waals surface area contributed by atoms with Crippen LogP contribution in [0.15, 0.2) is 72.9 Å². The van der Waals surface area contributed by atoms with Gasteiger partial charge >= 0.3 is 0 Å². The highest BCUT2D eigenvalue weighted by Gasteiger charge is 2.21. The lowest BCUT2D eigenvalue weighted by atomic mass is 9.96. The Kier molecular flexibility index (Phi) is 3.94. The van der Waals surface area contributed by atoms with Gasteiger partial charge < -0.3 is 10.3 Å². The number of fused-ring (bicyclic) bond motifs is 1. The number of halogens is 1. The molecule has 2 aromatic heterocycles. The Morgan fingerprint density at radius 1 is 0.960 bits per heavy atom. The van der Waals surface area contributed by atoms with Crippen molar-refractivity contribution in [2.24, 2.45) is 0 Å². The average Bonchev–Trinajstić information content (AvgIpc) is 2.97. The molecule has 0 fully saturated rings. The maximum Gasteiger partial charge on any atom is 0.126 e. The third kappa shape index (κ3) is 2.98. The van der Waals surface area contributed by atoms with Gasteiger partial charge in [0.25, 0.3) is 0 Å². The van der Waals surface area contributed by atoms with Gasteiger partial charge in [-0.15, -0.1) is 0 Å². The first-order chi connectivity index (χ1) is 12.2. The minimum atomic E-state index is -0.240. The Bertz CT molecular complexity index is 991. The molecule has 4 rings (SSSR count). The number of aryl methyl sites for hydroxylation is 1. The second kappa shape index (κ2) is 6.40. The lowest BCUT2D eigenvalue weighted by molar-refractivity contribution is 0.626. The fourth-order valence-corrected chi connectivity index (χ4v) is 3.24. The van der Waals surface area contributed by atoms with Gasteiger partial charge in [0.1, 0.15) is 11.6 Å². The van der Waals surface area contributed by atoms with Crippen molar-refractivity contribution >= 4 is 16.7 Å². The Morgan fingerprint density at radius 3 is 2.48 bits per heavy atom. The molecule has 0 aliphatic carbocycles. The van der Waals surface area contributed by atoms with E-state index in [9.17, 15) is 4.39 Å². The first kappa shape index (κ1) is 15.4. The summed E-state index contributed by atoms with van der Waals surface area (Å²) in [6.07, 6.45) is 1.76. The number of H-pyrrole nitrogens is 1. The molecule has 4 aromatic rings. The summed E-state index contributed by atoms with van der Waals surface area (Å²) in [5.74, 6) is 0.539. The zero-order chi connectivity index (χ0) is 17.2. The van der Waals surface area contributed by atoms with Crippen LogP contribution in [0.5, 0.6) is 0 Å². The predicted octanol–water partition coefficient (Wildman–Crippen LogP) is 5.21. The second-order valence-corrected chi connectivity index (χ2v) is 6.05. The molecule has 1 atom stereocenters. The van der Waals surface area contributed by atoms with E-state index in [0.717, 1.165) is 33.5 Å². The van der Waals surface area contributed by atoms with Gasteiger partial charge in [-0.1, -0.05) is 36.4 Å². The molecular weight excluding hydrogens is 313 g/mol. The topological polar surface area (TPSA) is 40.7 Å². The van der Waals surface area contributed by atoms with Crippen LogP contribution in [0.1, 0.15) is 22.9 Å². The summed E-state index contributed by atoms with van der Waals surface area (Å²) < 4.78 is 13.4. The number of anilines is 1. The number of hydrogen-bond acceptors (Lipinski definition) is 2. The maximum atomic E-state index is 13.4. The molecule has 2 heterocycles. The smallest absolute Gasteiger partial charge is 0.126 e. The number of pyridine rings is 1. The molecule has 0 saturated heterocycles. The number of nitrogens with one attached hydrogen (secondary N) is 2. The molecule has 25 heavy (non-hydrogen) atoms. The van der Waals surface area contributed by atoms with Crippen molar-refractivity contribution in [2.45, 2.75) is 13.0 Å². The van der Waals surface area contributed by atoms with Gasteiger partial charge in [-0.25, -0.2) is 9.37 Å². The third-order valence-corrected chi connectivity index (χ3v) is 4.39. The van der Waals surface area contributed by atoms with E-state index in [1.165, 1.54) is 12.1 Å². The van der Waals surface area contributed by atoms with Crippen LogP contribution in [0.25, 0.3) is 10.9 Å². The zero-order valence-electron chi connectivity index (χ0n) is 13.8. The van der Waals surface area contributed by atoms with Crippen LogP contribution in [0, 0.1) is 12.7 Å². The highest BCUT2D eigenvalue weighted by atomic mass is 19.1. The van der Waals surface area contributed by atoms with Crippen molar-refractivity contribution in [3.8, 4) is 0 Å². The summed E-state index contributed by atoms with van der Waals surface area (Å²) in [5.41, 5.74) is 4.30. The van der Waals surface area contributed by atoms with Crippen LogP contribution in [0.4, 0.5) is 10.2 Å². The zero-order valence-corrected chi connectivity index (χ0v) is 13.8. The molecule has 3 nitrogen and oxygen atoms in total. The van der Waals surface area contributed by atoms with Gasteiger partial charge in [-0.05, 0) is 42.8 Å². The van der Waals surface area contributed by atoms with Crippen molar-refractivity contribution < 1.29 is 4.39 Å². The van der Waals surface area contributed by atoms with E-state index in [1.807, 2.05) is 42.5 Å². The Morgan fingerprint density at radius 2 is 1.72 bits per heavy atom. The summed E-state index contributed by atoms with van der Waals surface area (Å²) in [6, 6.07) is 20.5. The summed E-state index contributed by atoms with van der Waals surface area (Å²) in [7, 11) is 0. The minimum Gasteiger partial charge on any atom is -0.359 e. The van der Waals surface area contributed by atoms with Gasteiger partial charge in [0.05, 0.1) is 6.04 Å². The van der Waals surface area contributed by atoms with Crippen LogP contribution in [-0.2, 0) is 0 Å². The van der Waals surface area contributed by atoms with Gasteiger partial charge in [0.15, 0.2) is 0 Å².